The van der Waals surface area contributed by atoms with Gasteiger partial charge in [-0.15, -0.1) is 23.7 Å². The number of piperidine rings is 1. The molecule has 0 bridgehead atoms. The number of amides is 1. The first-order valence-electron chi connectivity index (χ1n) is 5.37. The van der Waals surface area contributed by atoms with Crippen LogP contribution in [0, 0.1) is 0 Å². The summed E-state index contributed by atoms with van der Waals surface area (Å²) in [5, 5.41) is 8.35. The lowest BCUT2D eigenvalue weighted by molar-refractivity contribution is -0.121. The van der Waals surface area contributed by atoms with Crippen molar-refractivity contribution >= 4 is 29.7 Å². The first-order valence-corrected chi connectivity index (χ1v) is 6.25. The van der Waals surface area contributed by atoms with Crippen molar-refractivity contribution in [3.8, 4) is 0 Å². The third-order valence-corrected chi connectivity index (χ3v) is 3.45. The number of carbonyl (C=O) groups is 1. The third kappa shape index (κ3) is 4.12. The zero-order valence-corrected chi connectivity index (χ0v) is 10.7. The van der Waals surface area contributed by atoms with Crippen molar-refractivity contribution in [1.82, 2.24) is 10.6 Å². The lowest BCUT2D eigenvalue weighted by Crippen LogP contribution is -2.46. The molecule has 0 unspecified atom stereocenters. The lowest BCUT2D eigenvalue weighted by Gasteiger charge is -2.23. The normalized spacial score (nSPS) is 19.9. The Balaban J connectivity index is 0.00000128. The highest BCUT2D eigenvalue weighted by Gasteiger charge is 2.15. The summed E-state index contributed by atoms with van der Waals surface area (Å²) >= 11 is 1.64. The Morgan fingerprint density at radius 2 is 2.50 bits per heavy atom. The van der Waals surface area contributed by atoms with Crippen LogP contribution in [0.15, 0.2) is 17.5 Å². The van der Waals surface area contributed by atoms with Gasteiger partial charge in [-0.1, -0.05) is 6.07 Å². The van der Waals surface area contributed by atoms with Gasteiger partial charge in [0.25, 0.3) is 0 Å². The molecule has 0 spiro atoms. The largest absolute Gasteiger partial charge is 0.352 e. The van der Waals surface area contributed by atoms with Gasteiger partial charge < -0.3 is 10.6 Å². The van der Waals surface area contributed by atoms with Gasteiger partial charge in [0.1, 0.15) is 0 Å². The molecule has 0 saturated carbocycles. The number of rotatable bonds is 3. The number of nitrogens with one attached hydrogen (secondary N) is 2. The zero-order chi connectivity index (χ0) is 10.5. The topological polar surface area (TPSA) is 41.1 Å². The summed E-state index contributed by atoms with van der Waals surface area (Å²) < 4.78 is 0. The van der Waals surface area contributed by atoms with E-state index in [-0.39, 0.29) is 18.3 Å². The van der Waals surface area contributed by atoms with Crippen LogP contribution in [0.3, 0.4) is 0 Å². The molecule has 1 saturated heterocycles. The van der Waals surface area contributed by atoms with Crippen molar-refractivity contribution in [3.63, 3.8) is 0 Å². The van der Waals surface area contributed by atoms with Crippen LogP contribution in [0.5, 0.6) is 0 Å². The molecule has 1 aromatic heterocycles. The van der Waals surface area contributed by atoms with E-state index in [1.807, 2.05) is 17.5 Å². The fourth-order valence-electron chi connectivity index (χ4n) is 1.83. The minimum atomic E-state index is 0. The van der Waals surface area contributed by atoms with E-state index in [4.69, 9.17) is 0 Å². The summed E-state index contributed by atoms with van der Waals surface area (Å²) in [5.74, 6) is 0.145. The van der Waals surface area contributed by atoms with E-state index in [0.717, 1.165) is 30.8 Å². The molecule has 1 aliphatic rings. The Bertz CT molecular complexity index is 310. The van der Waals surface area contributed by atoms with E-state index in [0.29, 0.717) is 12.5 Å². The number of hydrogen-bond donors (Lipinski definition) is 2. The molecular weight excluding hydrogens is 244 g/mol. The van der Waals surface area contributed by atoms with E-state index in [1.54, 1.807) is 11.3 Å². The van der Waals surface area contributed by atoms with Gasteiger partial charge in [-0.3, -0.25) is 4.79 Å². The third-order valence-electron chi connectivity index (χ3n) is 2.58. The lowest BCUT2D eigenvalue weighted by atomic mass is 10.1. The van der Waals surface area contributed by atoms with Crippen LogP contribution in [0.1, 0.15) is 17.7 Å². The predicted molar refractivity (Wildman–Crippen MR) is 69.3 cm³/mol. The molecule has 3 nitrogen and oxygen atoms in total. The molecule has 0 radical (unpaired) electrons. The molecule has 2 rings (SSSR count). The van der Waals surface area contributed by atoms with E-state index in [9.17, 15) is 4.79 Å². The van der Waals surface area contributed by atoms with Crippen LogP contribution < -0.4 is 10.6 Å². The molecule has 2 N–H and O–H groups in total. The van der Waals surface area contributed by atoms with E-state index < -0.39 is 0 Å². The van der Waals surface area contributed by atoms with E-state index >= 15 is 0 Å². The Hall–Kier alpha value is -0.580. The molecule has 1 aliphatic heterocycles. The molecule has 16 heavy (non-hydrogen) atoms. The Morgan fingerprint density at radius 3 is 3.12 bits per heavy atom. The quantitative estimate of drug-likeness (QED) is 0.867. The SMILES string of the molecule is Cl.O=C(Cc1cccs1)N[C@H]1CCCNC1. The van der Waals surface area contributed by atoms with Gasteiger partial charge in [0.05, 0.1) is 6.42 Å². The van der Waals surface area contributed by atoms with E-state index in [2.05, 4.69) is 10.6 Å². The number of thiophene rings is 1. The van der Waals surface area contributed by atoms with Crippen LogP contribution in [-0.2, 0) is 11.2 Å². The molecule has 0 aromatic carbocycles. The van der Waals surface area contributed by atoms with Crippen molar-refractivity contribution in [1.29, 1.82) is 0 Å². The van der Waals surface area contributed by atoms with Gasteiger partial charge in [0.15, 0.2) is 0 Å². The summed E-state index contributed by atoms with van der Waals surface area (Å²) in [6.45, 7) is 1.99. The van der Waals surface area contributed by atoms with Gasteiger partial charge >= 0.3 is 0 Å². The van der Waals surface area contributed by atoms with Crippen molar-refractivity contribution in [2.75, 3.05) is 13.1 Å². The van der Waals surface area contributed by atoms with Crippen LogP contribution in [0.25, 0.3) is 0 Å². The van der Waals surface area contributed by atoms with Crippen LogP contribution in [0.2, 0.25) is 0 Å². The molecule has 0 aliphatic carbocycles. The zero-order valence-electron chi connectivity index (χ0n) is 9.07. The second kappa shape index (κ2) is 6.89. The van der Waals surface area contributed by atoms with E-state index in [1.165, 1.54) is 0 Å². The minimum absolute atomic E-state index is 0. The molecule has 5 heteroatoms. The molecule has 1 fully saturated rings. The molecule has 1 atom stereocenters. The summed E-state index contributed by atoms with van der Waals surface area (Å²) in [5.41, 5.74) is 0. The summed E-state index contributed by atoms with van der Waals surface area (Å²) in [7, 11) is 0. The molecule has 2 heterocycles. The Morgan fingerprint density at radius 1 is 1.62 bits per heavy atom. The monoisotopic (exact) mass is 260 g/mol. The maximum Gasteiger partial charge on any atom is 0.225 e. The van der Waals surface area contributed by atoms with Gasteiger partial charge in [0, 0.05) is 17.5 Å². The average Bonchev–Trinajstić information content (AvgIpc) is 2.71. The van der Waals surface area contributed by atoms with Crippen molar-refractivity contribution in [2.24, 2.45) is 0 Å². The van der Waals surface area contributed by atoms with Crippen molar-refractivity contribution < 1.29 is 4.79 Å². The van der Waals surface area contributed by atoms with Gasteiger partial charge in [-0.2, -0.15) is 0 Å². The highest BCUT2D eigenvalue weighted by Crippen LogP contribution is 2.09. The smallest absolute Gasteiger partial charge is 0.225 e. The van der Waals surface area contributed by atoms with Gasteiger partial charge in [-0.05, 0) is 30.8 Å². The summed E-state index contributed by atoms with van der Waals surface area (Å²) in [6.07, 6.45) is 2.78. The second-order valence-electron chi connectivity index (χ2n) is 3.87. The van der Waals surface area contributed by atoms with Crippen molar-refractivity contribution in [3.05, 3.63) is 22.4 Å². The fourth-order valence-corrected chi connectivity index (χ4v) is 2.53. The first kappa shape index (κ1) is 13.5. The maximum atomic E-state index is 11.6. The first-order chi connectivity index (χ1) is 7.34. The molecule has 1 aromatic rings. The Kier molecular flexibility index (Phi) is 5.80. The highest BCUT2D eigenvalue weighted by molar-refractivity contribution is 7.10. The maximum absolute atomic E-state index is 11.6. The number of carbonyl (C=O) groups excluding carboxylic acids is 1. The summed E-state index contributed by atoms with van der Waals surface area (Å²) in [4.78, 5) is 12.8. The highest BCUT2D eigenvalue weighted by atomic mass is 35.5. The second-order valence-corrected chi connectivity index (χ2v) is 4.90. The van der Waals surface area contributed by atoms with Gasteiger partial charge in [0.2, 0.25) is 5.91 Å². The number of halogens is 1. The molecule has 1 amide bonds. The fraction of sp³-hybridized carbons (Fsp3) is 0.545. The van der Waals surface area contributed by atoms with Gasteiger partial charge in [-0.25, -0.2) is 0 Å². The predicted octanol–water partition coefficient (Wildman–Crippen LogP) is 1.58. The molecular formula is C11H17ClN2OS. The van der Waals surface area contributed by atoms with Crippen LogP contribution in [0.4, 0.5) is 0 Å². The van der Waals surface area contributed by atoms with Crippen LogP contribution in [-0.4, -0.2) is 25.0 Å². The average molecular weight is 261 g/mol. The molecule has 90 valence electrons. The van der Waals surface area contributed by atoms with Crippen molar-refractivity contribution in [2.45, 2.75) is 25.3 Å². The van der Waals surface area contributed by atoms with Crippen LogP contribution >= 0.6 is 23.7 Å². The minimum Gasteiger partial charge on any atom is -0.352 e. The number of hydrogen-bond acceptors (Lipinski definition) is 3. The standard InChI is InChI=1S/C11H16N2OS.ClH/c14-11(7-10-4-2-6-15-10)13-9-3-1-5-12-8-9;/h2,4,6,9,12H,1,3,5,7-8H2,(H,13,14);1H/t9-;/m0./s1. The Labute approximate surface area is 106 Å². The summed E-state index contributed by atoms with van der Waals surface area (Å²) in [6, 6.07) is 4.31.